The second-order valence-electron chi connectivity index (χ2n) is 9.06. The molecule has 1 atom stereocenters. The van der Waals surface area contributed by atoms with Crippen LogP contribution in [0.3, 0.4) is 0 Å². The van der Waals surface area contributed by atoms with Gasteiger partial charge in [-0.3, -0.25) is 0 Å². The fourth-order valence-corrected chi connectivity index (χ4v) is 3.25. The highest BCUT2D eigenvalue weighted by molar-refractivity contribution is 8.00. The zero-order valence-electron chi connectivity index (χ0n) is 17.3. The quantitative estimate of drug-likeness (QED) is 0.570. The van der Waals surface area contributed by atoms with E-state index in [0.29, 0.717) is 23.6 Å². The molecule has 0 heterocycles. The van der Waals surface area contributed by atoms with Gasteiger partial charge in [-0.2, -0.15) is 0 Å². The zero-order valence-corrected chi connectivity index (χ0v) is 18.1. The van der Waals surface area contributed by atoms with E-state index in [2.05, 4.69) is 86.8 Å². The molecule has 0 aliphatic carbocycles. The number of rotatable bonds is 8. The highest BCUT2D eigenvalue weighted by Gasteiger charge is 2.43. The van der Waals surface area contributed by atoms with Crippen LogP contribution >= 0.6 is 11.8 Å². The molecule has 138 valence electrons. The summed E-state index contributed by atoms with van der Waals surface area (Å²) in [4.78, 5) is 12.3. The first kappa shape index (κ1) is 22.6. The topological polar surface area (TPSA) is 41.1 Å². The van der Waals surface area contributed by atoms with Gasteiger partial charge in [-0.05, 0) is 37.0 Å². The Kier molecular flexibility index (Phi) is 8.00. The van der Waals surface area contributed by atoms with E-state index in [-0.39, 0.29) is 21.7 Å². The Labute approximate surface area is 149 Å². The smallest absolute Gasteiger partial charge is 0.315 e. The molecule has 4 heteroatoms. The fraction of sp³-hybridized carbons (Fsp3) is 0.947. The summed E-state index contributed by atoms with van der Waals surface area (Å²) in [6.45, 7) is 24.4. The molecule has 1 unspecified atom stereocenters. The summed E-state index contributed by atoms with van der Waals surface area (Å²) < 4.78 is 0.161. The summed E-state index contributed by atoms with van der Waals surface area (Å²) in [5, 5.41) is 6.19. The van der Waals surface area contributed by atoms with Crippen molar-refractivity contribution in [2.75, 3.05) is 5.88 Å². The summed E-state index contributed by atoms with van der Waals surface area (Å²) >= 11 is 1.79. The van der Waals surface area contributed by atoms with Crippen molar-refractivity contribution in [3.05, 3.63) is 0 Å². The van der Waals surface area contributed by atoms with Gasteiger partial charge in [0.15, 0.2) is 0 Å². The van der Waals surface area contributed by atoms with Crippen LogP contribution < -0.4 is 10.6 Å². The van der Waals surface area contributed by atoms with Gasteiger partial charge in [-0.15, -0.1) is 11.8 Å². The SMILES string of the molecule is CC(C)C(C)C(C)(C)C(C)(C)NC(=O)NCSC(C)(C)C(C)C. The minimum absolute atomic E-state index is 0.00283. The third-order valence-electron chi connectivity index (χ3n) is 6.24. The molecule has 0 saturated carbocycles. The second kappa shape index (κ2) is 8.13. The molecule has 2 amide bonds. The second-order valence-corrected chi connectivity index (χ2v) is 10.7. The van der Waals surface area contributed by atoms with E-state index in [4.69, 9.17) is 0 Å². The van der Waals surface area contributed by atoms with Crippen LogP contribution in [-0.2, 0) is 0 Å². The van der Waals surface area contributed by atoms with E-state index < -0.39 is 0 Å². The van der Waals surface area contributed by atoms with E-state index in [1.807, 2.05) is 0 Å². The van der Waals surface area contributed by atoms with Crippen LogP contribution in [0.4, 0.5) is 4.79 Å². The molecule has 0 saturated heterocycles. The molecule has 0 spiro atoms. The van der Waals surface area contributed by atoms with Gasteiger partial charge in [-0.1, -0.05) is 62.3 Å². The van der Waals surface area contributed by atoms with Crippen LogP contribution in [0.25, 0.3) is 0 Å². The summed E-state index contributed by atoms with van der Waals surface area (Å²) in [6.07, 6.45) is 0. The van der Waals surface area contributed by atoms with Crippen LogP contribution in [0, 0.1) is 23.2 Å². The molecule has 0 radical (unpaired) electrons. The monoisotopic (exact) mass is 344 g/mol. The lowest BCUT2D eigenvalue weighted by molar-refractivity contribution is 0.0667. The normalized spacial score (nSPS) is 15.0. The fourth-order valence-electron chi connectivity index (χ4n) is 2.35. The van der Waals surface area contributed by atoms with Crippen LogP contribution in [0.5, 0.6) is 0 Å². The predicted octanol–water partition coefficient (Wildman–Crippen LogP) is 5.51. The minimum atomic E-state index is -0.279. The lowest BCUT2D eigenvalue weighted by atomic mass is 9.63. The van der Waals surface area contributed by atoms with Crippen molar-refractivity contribution in [1.82, 2.24) is 10.6 Å². The Morgan fingerprint density at radius 1 is 0.957 bits per heavy atom. The molecule has 0 aliphatic heterocycles. The van der Waals surface area contributed by atoms with Gasteiger partial charge < -0.3 is 10.6 Å². The highest BCUT2D eigenvalue weighted by Crippen LogP contribution is 2.41. The van der Waals surface area contributed by atoms with Gasteiger partial charge in [-0.25, -0.2) is 4.79 Å². The maximum Gasteiger partial charge on any atom is 0.315 e. The maximum absolute atomic E-state index is 12.3. The van der Waals surface area contributed by atoms with Gasteiger partial charge in [0.05, 0.1) is 5.88 Å². The molecule has 0 aromatic carbocycles. The lowest BCUT2D eigenvalue weighted by Gasteiger charge is -2.47. The van der Waals surface area contributed by atoms with Crippen molar-refractivity contribution in [1.29, 1.82) is 0 Å². The number of carbonyl (C=O) groups is 1. The third-order valence-corrected chi connectivity index (χ3v) is 7.75. The van der Waals surface area contributed by atoms with Crippen LogP contribution in [-0.4, -0.2) is 22.2 Å². The van der Waals surface area contributed by atoms with Gasteiger partial charge in [0.1, 0.15) is 0 Å². The first-order chi connectivity index (χ1) is 10.1. The molecule has 23 heavy (non-hydrogen) atoms. The Bertz CT molecular complexity index is 387. The van der Waals surface area contributed by atoms with Crippen LogP contribution in [0.15, 0.2) is 0 Å². The van der Waals surface area contributed by atoms with E-state index in [1.54, 1.807) is 11.8 Å². The maximum atomic E-state index is 12.3. The van der Waals surface area contributed by atoms with E-state index >= 15 is 0 Å². The predicted molar refractivity (Wildman–Crippen MR) is 105 cm³/mol. The summed E-state index contributed by atoms with van der Waals surface area (Å²) in [5.74, 6) is 2.29. The molecular formula is C19H40N2OS. The third kappa shape index (κ3) is 6.21. The zero-order chi connectivity index (χ0) is 18.6. The van der Waals surface area contributed by atoms with E-state index in [9.17, 15) is 4.79 Å². The molecule has 2 N–H and O–H groups in total. The molecule has 0 aliphatic rings. The van der Waals surface area contributed by atoms with Crippen molar-refractivity contribution >= 4 is 17.8 Å². The van der Waals surface area contributed by atoms with Crippen molar-refractivity contribution < 1.29 is 4.79 Å². The summed E-state index contributed by atoms with van der Waals surface area (Å²) in [7, 11) is 0. The van der Waals surface area contributed by atoms with E-state index in [1.165, 1.54) is 0 Å². The first-order valence-corrected chi connectivity index (χ1v) is 9.83. The van der Waals surface area contributed by atoms with Gasteiger partial charge in [0.25, 0.3) is 0 Å². The average Bonchev–Trinajstić information content (AvgIpc) is 2.36. The summed E-state index contributed by atoms with van der Waals surface area (Å²) in [6, 6.07) is -0.0777. The number of thioether (sulfide) groups is 1. The number of hydrogen-bond donors (Lipinski definition) is 2. The molecule has 0 fully saturated rings. The Hall–Kier alpha value is -0.380. The van der Waals surface area contributed by atoms with Gasteiger partial charge in [0.2, 0.25) is 0 Å². The standard InChI is InChI=1S/C19H40N2OS/c1-13(2)15(5)17(6,7)19(10,11)21-16(22)20-12-23-18(8,9)14(3)4/h13-15H,12H2,1-11H3,(H2,20,21,22). The Morgan fingerprint density at radius 3 is 1.83 bits per heavy atom. The van der Waals surface area contributed by atoms with Crippen molar-refractivity contribution in [2.24, 2.45) is 23.2 Å². The average molecular weight is 345 g/mol. The van der Waals surface area contributed by atoms with Crippen molar-refractivity contribution in [2.45, 2.75) is 86.4 Å². The van der Waals surface area contributed by atoms with E-state index in [0.717, 1.165) is 0 Å². The van der Waals surface area contributed by atoms with Crippen LogP contribution in [0.1, 0.15) is 76.2 Å². The number of amides is 2. The Morgan fingerprint density at radius 2 is 1.43 bits per heavy atom. The van der Waals surface area contributed by atoms with Crippen LogP contribution in [0.2, 0.25) is 0 Å². The minimum Gasteiger partial charge on any atom is -0.333 e. The number of hydrogen-bond acceptors (Lipinski definition) is 2. The number of urea groups is 1. The summed E-state index contributed by atoms with van der Waals surface area (Å²) in [5.41, 5.74) is -0.276. The molecule has 3 nitrogen and oxygen atoms in total. The molecule has 0 rings (SSSR count). The van der Waals surface area contributed by atoms with Gasteiger partial charge in [0, 0.05) is 10.3 Å². The highest BCUT2D eigenvalue weighted by atomic mass is 32.2. The number of carbonyl (C=O) groups excluding carboxylic acids is 1. The lowest BCUT2D eigenvalue weighted by Crippen LogP contribution is -2.59. The van der Waals surface area contributed by atoms with Crippen molar-refractivity contribution in [3.63, 3.8) is 0 Å². The molecule has 0 aromatic heterocycles. The largest absolute Gasteiger partial charge is 0.333 e. The molecular weight excluding hydrogens is 304 g/mol. The molecule has 0 aromatic rings. The van der Waals surface area contributed by atoms with Gasteiger partial charge >= 0.3 is 6.03 Å². The molecule has 0 bridgehead atoms. The van der Waals surface area contributed by atoms with Crippen molar-refractivity contribution in [3.8, 4) is 0 Å². The Balaban J connectivity index is 4.65. The number of nitrogens with one attached hydrogen (secondary N) is 2. The first-order valence-electron chi connectivity index (χ1n) is 8.85.